The van der Waals surface area contributed by atoms with Gasteiger partial charge in [-0.1, -0.05) is 6.07 Å². The average molecular weight is 329 g/mol. The van der Waals surface area contributed by atoms with Gasteiger partial charge in [-0.25, -0.2) is 8.42 Å². The Morgan fingerprint density at radius 1 is 1.33 bits per heavy atom. The van der Waals surface area contributed by atoms with Crippen LogP contribution in [0, 0.1) is 0 Å². The van der Waals surface area contributed by atoms with Crippen molar-refractivity contribution in [3.05, 3.63) is 24.3 Å². The van der Waals surface area contributed by atoms with Crippen LogP contribution in [0.15, 0.2) is 29.2 Å². The first-order valence-corrected chi connectivity index (χ1v) is 9.40. The molecule has 1 spiro atoms. The summed E-state index contributed by atoms with van der Waals surface area (Å²) in [4.78, 5) is 0.137. The number of sulfonamides is 1. The Hall–Kier alpha value is -0.760. The minimum absolute atomic E-state index is 0.152. The Balaban J connectivity index is 1.76. The normalized spacial score (nSPS) is 22.5. The molecule has 0 unspecified atom stereocenters. The van der Waals surface area contributed by atoms with Crippen LogP contribution in [0.25, 0.3) is 0 Å². The van der Waals surface area contributed by atoms with Crippen molar-refractivity contribution in [2.75, 3.05) is 32.6 Å². The van der Waals surface area contributed by atoms with Gasteiger partial charge in [0, 0.05) is 24.9 Å². The minimum Gasteiger partial charge on any atom is -0.497 e. The van der Waals surface area contributed by atoms with E-state index in [4.69, 9.17) is 9.47 Å². The van der Waals surface area contributed by atoms with Gasteiger partial charge < -0.3 is 9.47 Å². The molecule has 0 N–H and O–H groups in total. The van der Waals surface area contributed by atoms with E-state index in [9.17, 15) is 8.42 Å². The molecule has 1 aromatic rings. The zero-order chi connectivity index (χ0) is 14.9. The second kappa shape index (κ2) is 5.79. The second-order valence-corrected chi connectivity index (χ2v) is 8.57. The zero-order valence-corrected chi connectivity index (χ0v) is 13.6. The monoisotopic (exact) mass is 329 g/mol. The van der Waals surface area contributed by atoms with Gasteiger partial charge in [0.25, 0.3) is 0 Å². The molecule has 1 aromatic carbocycles. The third kappa shape index (κ3) is 2.92. The average Bonchev–Trinajstić information content (AvgIpc) is 2.96. The second-order valence-electron chi connectivity index (χ2n) is 5.19. The largest absolute Gasteiger partial charge is 0.497 e. The summed E-state index contributed by atoms with van der Waals surface area (Å²) >= 11 is 1.82. The molecule has 7 heteroatoms. The van der Waals surface area contributed by atoms with Crippen LogP contribution in [0.3, 0.4) is 0 Å². The van der Waals surface area contributed by atoms with Gasteiger partial charge in [0.2, 0.25) is 10.0 Å². The van der Waals surface area contributed by atoms with E-state index in [0.29, 0.717) is 18.8 Å². The van der Waals surface area contributed by atoms with Gasteiger partial charge in [-0.15, -0.1) is 11.8 Å². The molecule has 0 saturated carbocycles. The third-order valence-corrected chi connectivity index (χ3v) is 7.29. The summed E-state index contributed by atoms with van der Waals surface area (Å²) in [5, 5.41) is 0. The van der Waals surface area contributed by atoms with Crippen LogP contribution < -0.4 is 4.74 Å². The fourth-order valence-electron chi connectivity index (χ4n) is 2.76. The van der Waals surface area contributed by atoms with Crippen molar-refractivity contribution in [1.82, 2.24) is 4.31 Å². The summed E-state index contributed by atoms with van der Waals surface area (Å²) < 4.78 is 37.8. The maximum absolute atomic E-state index is 12.7. The molecular weight excluding hydrogens is 310 g/mol. The van der Waals surface area contributed by atoms with Crippen LogP contribution in [0.1, 0.15) is 12.8 Å². The van der Waals surface area contributed by atoms with Crippen LogP contribution >= 0.6 is 11.8 Å². The summed E-state index contributed by atoms with van der Waals surface area (Å²) in [7, 11) is -1.92. The Morgan fingerprint density at radius 2 is 2.10 bits per heavy atom. The predicted octanol–water partition coefficient (Wildman–Crippen LogP) is 1.94. The summed E-state index contributed by atoms with van der Waals surface area (Å²) in [5.41, 5.74) is 0. The Bertz CT molecular complexity index is 601. The topological polar surface area (TPSA) is 55.8 Å². The van der Waals surface area contributed by atoms with Crippen molar-refractivity contribution in [3.63, 3.8) is 0 Å². The highest BCUT2D eigenvalue weighted by Crippen LogP contribution is 2.42. The van der Waals surface area contributed by atoms with Gasteiger partial charge in [-0.3, -0.25) is 0 Å². The molecular formula is C14H19NO4S2. The smallest absolute Gasteiger partial charge is 0.243 e. The summed E-state index contributed by atoms with van der Waals surface area (Å²) in [5.74, 6) is 1.56. The molecule has 2 aliphatic heterocycles. The lowest BCUT2D eigenvalue weighted by Crippen LogP contribution is -2.44. The van der Waals surface area contributed by atoms with Gasteiger partial charge in [-0.2, -0.15) is 4.31 Å². The van der Waals surface area contributed by atoms with E-state index in [-0.39, 0.29) is 9.83 Å². The molecule has 5 nitrogen and oxygen atoms in total. The lowest BCUT2D eigenvalue weighted by molar-refractivity contribution is 0.0162. The number of thioether (sulfide) groups is 1. The number of rotatable bonds is 3. The van der Waals surface area contributed by atoms with E-state index in [1.54, 1.807) is 28.6 Å². The number of methoxy groups -OCH3 is 1. The van der Waals surface area contributed by atoms with E-state index in [1.165, 1.54) is 7.11 Å². The van der Waals surface area contributed by atoms with Gasteiger partial charge in [-0.05, 0) is 25.0 Å². The van der Waals surface area contributed by atoms with Crippen molar-refractivity contribution in [1.29, 1.82) is 0 Å². The molecule has 2 heterocycles. The molecule has 21 heavy (non-hydrogen) atoms. The highest BCUT2D eigenvalue weighted by molar-refractivity contribution is 8.00. The standard InChI is InChI=1S/C14H19NO4S2/c1-18-12-3-2-4-13(11-12)21(16,17)15-7-5-14(6-8-15)19-9-10-20-14/h2-4,11H,5-10H2,1H3. The first kappa shape index (κ1) is 15.1. The van der Waals surface area contributed by atoms with E-state index in [2.05, 4.69) is 0 Å². The SMILES string of the molecule is COc1cccc(S(=O)(=O)N2CCC3(CC2)OCCS3)c1. The van der Waals surface area contributed by atoms with Crippen molar-refractivity contribution in [2.45, 2.75) is 22.7 Å². The molecule has 2 aliphatic rings. The van der Waals surface area contributed by atoms with E-state index in [0.717, 1.165) is 25.2 Å². The molecule has 3 rings (SSSR count). The molecule has 0 atom stereocenters. The molecule has 0 amide bonds. The van der Waals surface area contributed by atoms with Crippen LogP contribution in [-0.2, 0) is 14.8 Å². The van der Waals surface area contributed by atoms with Crippen LogP contribution in [0.4, 0.5) is 0 Å². The van der Waals surface area contributed by atoms with E-state index < -0.39 is 10.0 Å². The summed E-state index contributed by atoms with van der Waals surface area (Å²) in [6.45, 7) is 1.78. The molecule has 0 aromatic heterocycles. The Morgan fingerprint density at radius 3 is 2.71 bits per heavy atom. The Kier molecular flexibility index (Phi) is 4.18. The molecule has 2 fully saturated rings. The van der Waals surface area contributed by atoms with Crippen molar-refractivity contribution in [3.8, 4) is 5.75 Å². The number of hydrogen-bond donors (Lipinski definition) is 0. The lowest BCUT2D eigenvalue weighted by Gasteiger charge is -2.37. The van der Waals surface area contributed by atoms with Crippen LogP contribution in [0.2, 0.25) is 0 Å². The van der Waals surface area contributed by atoms with E-state index >= 15 is 0 Å². The number of benzene rings is 1. The van der Waals surface area contributed by atoms with Gasteiger partial charge in [0.1, 0.15) is 10.7 Å². The third-order valence-electron chi connectivity index (χ3n) is 3.98. The number of nitrogens with zero attached hydrogens (tertiary/aromatic N) is 1. The van der Waals surface area contributed by atoms with Crippen molar-refractivity contribution in [2.24, 2.45) is 0 Å². The minimum atomic E-state index is -3.45. The van der Waals surface area contributed by atoms with E-state index in [1.807, 2.05) is 11.8 Å². The fraction of sp³-hybridized carbons (Fsp3) is 0.571. The van der Waals surface area contributed by atoms with Gasteiger partial charge in [0.15, 0.2) is 0 Å². The first-order chi connectivity index (χ1) is 10.1. The maximum Gasteiger partial charge on any atom is 0.243 e. The quantitative estimate of drug-likeness (QED) is 0.848. The predicted molar refractivity (Wildman–Crippen MR) is 82.1 cm³/mol. The lowest BCUT2D eigenvalue weighted by atomic mass is 10.1. The summed E-state index contributed by atoms with van der Waals surface area (Å²) in [6, 6.07) is 6.63. The molecule has 2 saturated heterocycles. The van der Waals surface area contributed by atoms with Gasteiger partial charge in [0.05, 0.1) is 18.6 Å². The molecule has 0 radical (unpaired) electrons. The number of piperidine rings is 1. The number of ether oxygens (including phenoxy) is 2. The molecule has 116 valence electrons. The van der Waals surface area contributed by atoms with Crippen LogP contribution in [0.5, 0.6) is 5.75 Å². The fourth-order valence-corrected chi connectivity index (χ4v) is 5.42. The van der Waals surface area contributed by atoms with Crippen molar-refractivity contribution >= 4 is 21.8 Å². The Labute approximate surface area is 129 Å². The highest BCUT2D eigenvalue weighted by atomic mass is 32.2. The van der Waals surface area contributed by atoms with Gasteiger partial charge >= 0.3 is 0 Å². The first-order valence-electron chi connectivity index (χ1n) is 6.98. The summed E-state index contributed by atoms with van der Waals surface area (Å²) in [6.07, 6.45) is 1.50. The number of hydrogen-bond acceptors (Lipinski definition) is 5. The highest BCUT2D eigenvalue weighted by Gasteiger charge is 2.42. The zero-order valence-electron chi connectivity index (χ0n) is 11.9. The molecule has 0 aliphatic carbocycles. The van der Waals surface area contributed by atoms with Crippen molar-refractivity contribution < 1.29 is 17.9 Å². The van der Waals surface area contributed by atoms with Crippen LogP contribution in [-0.4, -0.2) is 50.2 Å². The maximum atomic E-state index is 12.7. The molecule has 0 bridgehead atoms.